The Bertz CT molecular complexity index is 498. The molecule has 0 aromatic heterocycles. The van der Waals surface area contributed by atoms with Crippen molar-refractivity contribution in [1.29, 1.82) is 0 Å². The van der Waals surface area contributed by atoms with Gasteiger partial charge in [0.15, 0.2) is 0 Å². The number of amidine groups is 1. The smallest absolute Gasteiger partial charge is 0.108 e. The van der Waals surface area contributed by atoms with Gasteiger partial charge in [0.1, 0.15) is 5.84 Å². The minimum Gasteiger partial charge on any atom is -0.356 e. The van der Waals surface area contributed by atoms with Crippen molar-refractivity contribution in [1.82, 2.24) is 4.90 Å². The summed E-state index contributed by atoms with van der Waals surface area (Å²) in [7, 11) is 2.25. The van der Waals surface area contributed by atoms with E-state index >= 15 is 0 Å². The summed E-state index contributed by atoms with van der Waals surface area (Å²) in [5, 5.41) is 0. The molecular formula is C16H20N2. The lowest BCUT2D eigenvalue weighted by Crippen LogP contribution is -2.35. The van der Waals surface area contributed by atoms with Crippen molar-refractivity contribution in [3.05, 3.63) is 29.8 Å². The Morgan fingerprint density at radius 2 is 1.94 bits per heavy atom. The van der Waals surface area contributed by atoms with Crippen LogP contribution in [0.3, 0.4) is 0 Å². The van der Waals surface area contributed by atoms with E-state index in [0.717, 1.165) is 11.8 Å². The highest BCUT2D eigenvalue weighted by Gasteiger charge is 2.38. The van der Waals surface area contributed by atoms with Crippen molar-refractivity contribution in [2.45, 2.75) is 38.1 Å². The summed E-state index contributed by atoms with van der Waals surface area (Å²) in [5.74, 6) is 3.05. The first-order chi connectivity index (χ1) is 8.83. The van der Waals surface area contributed by atoms with Crippen molar-refractivity contribution in [3.8, 4) is 0 Å². The zero-order valence-corrected chi connectivity index (χ0v) is 11.0. The average Bonchev–Trinajstić information content (AvgIpc) is 3.26. The fraction of sp³-hybridized carbons (Fsp3) is 0.562. The average molecular weight is 240 g/mol. The molecule has 2 nitrogen and oxygen atoms in total. The van der Waals surface area contributed by atoms with Crippen molar-refractivity contribution in [3.63, 3.8) is 0 Å². The maximum atomic E-state index is 4.91. The van der Waals surface area contributed by atoms with Crippen LogP contribution >= 0.6 is 0 Å². The van der Waals surface area contributed by atoms with Gasteiger partial charge in [-0.1, -0.05) is 31.0 Å². The number of aliphatic imine (C=N–C) groups is 1. The molecule has 0 spiro atoms. The van der Waals surface area contributed by atoms with Crippen LogP contribution in [0.4, 0.5) is 5.69 Å². The maximum absolute atomic E-state index is 4.91. The number of rotatable bonds is 3. The van der Waals surface area contributed by atoms with Crippen LogP contribution in [0.15, 0.2) is 29.3 Å². The summed E-state index contributed by atoms with van der Waals surface area (Å²) in [4.78, 5) is 7.38. The minimum absolute atomic E-state index is 0.571. The molecule has 1 aromatic carbocycles. The molecule has 0 amide bonds. The third-order valence-corrected chi connectivity index (χ3v) is 4.56. The van der Waals surface area contributed by atoms with Crippen molar-refractivity contribution in [2.24, 2.45) is 16.8 Å². The summed E-state index contributed by atoms with van der Waals surface area (Å²) in [5.41, 5.74) is 2.67. The van der Waals surface area contributed by atoms with Crippen molar-refractivity contribution >= 4 is 11.5 Å². The number of fused-ring (bicyclic) bond motifs is 1. The van der Waals surface area contributed by atoms with Gasteiger partial charge in [-0.25, -0.2) is 4.99 Å². The molecule has 3 aliphatic rings. The van der Waals surface area contributed by atoms with Crippen LogP contribution in [-0.4, -0.2) is 17.8 Å². The van der Waals surface area contributed by atoms with Crippen LogP contribution in [0, 0.1) is 11.8 Å². The normalized spacial score (nSPS) is 26.8. The van der Waals surface area contributed by atoms with E-state index in [1.165, 1.54) is 49.2 Å². The highest BCUT2D eigenvalue weighted by Crippen LogP contribution is 2.46. The van der Waals surface area contributed by atoms with Gasteiger partial charge < -0.3 is 4.90 Å². The molecule has 1 atom stereocenters. The number of para-hydroxylation sites is 1. The Morgan fingerprint density at radius 3 is 2.67 bits per heavy atom. The van der Waals surface area contributed by atoms with E-state index < -0.39 is 0 Å². The molecule has 94 valence electrons. The SMILES string of the molecule is CN1C(C2CC2)=Nc2ccccc2C1CC1CC1. The Hall–Kier alpha value is -1.31. The summed E-state index contributed by atoms with van der Waals surface area (Å²) in [6, 6.07) is 9.30. The van der Waals surface area contributed by atoms with Crippen LogP contribution in [0.25, 0.3) is 0 Å². The largest absolute Gasteiger partial charge is 0.356 e. The lowest BCUT2D eigenvalue weighted by atomic mass is 9.96. The number of nitrogens with zero attached hydrogens (tertiary/aromatic N) is 2. The number of hydrogen-bond donors (Lipinski definition) is 0. The molecule has 2 saturated carbocycles. The van der Waals surface area contributed by atoms with E-state index in [-0.39, 0.29) is 0 Å². The molecule has 0 radical (unpaired) electrons. The van der Waals surface area contributed by atoms with Gasteiger partial charge >= 0.3 is 0 Å². The molecule has 18 heavy (non-hydrogen) atoms. The molecule has 0 N–H and O–H groups in total. The molecule has 0 bridgehead atoms. The molecular weight excluding hydrogens is 220 g/mol. The van der Waals surface area contributed by atoms with Gasteiger partial charge in [-0.2, -0.15) is 0 Å². The van der Waals surface area contributed by atoms with Crippen LogP contribution in [0.1, 0.15) is 43.7 Å². The molecule has 2 fully saturated rings. The number of hydrogen-bond acceptors (Lipinski definition) is 2. The van der Waals surface area contributed by atoms with E-state index in [1.807, 2.05) is 0 Å². The molecule has 2 heteroatoms. The van der Waals surface area contributed by atoms with Crippen LogP contribution in [-0.2, 0) is 0 Å². The second-order valence-corrected chi connectivity index (χ2v) is 6.11. The van der Waals surface area contributed by atoms with Crippen molar-refractivity contribution < 1.29 is 0 Å². The molecule has 1 aliphatic heterocycles. The van der Waals surface area contributed by atoms with Gasteiger partial charge in [-0.3, -0.25) is 0 Å². The fourth-order valence-electron chi connectivity index (χ4n) is 3.12. The predicted molar refractivity (Wildman–Crippen MR) is 74.1 cm³/mol. The van der Waals surface area contributed by atoms with Gasteiger partial charge in [0.25, 0.3) is 0 Å². The molecule has 2 aliphatic carbocycles. The van der Waals surface area contributed by atoms with E-state index in [9.17, 15) is 0 Å². The maximum Gasteiger partial charge on any atom is 0.108 e. The quantitative estimate of drug-likeness (QED) is 0.782. The Balaban J connectivity index is 1.74. The summed E-state index contributed by atoms with van der Waals surface area (Å²) in [6.07, 6.45) is 6.85. The monoisotopic (exact) mass is 240 g/mol. The second kappa shape index (κ2) is 3.84. The summed E-state index contributed by atoms with van der Waals surface area (Å²) >= 11 is 0. The summed E-state index contributed by atoms with van der Waals surface area (Å²) in [6.45, 7) is 0. The summed E-state index contributed by atoms with van der Waals surface area (Å²) < 4.78 is 0. The van der Waals surface area contributed by atoms with Gasteiger partial charge in [0.2, 0.25) is 0 Å². The van der Waals surface area contributed by atoms with Crippen LogP contribution < -0.4 is 0 Å². The van der Waals surface area contributed by atoms with Gasteiger partial charge in [0, 0.05) is 18.5 Å². The zero-order chi connectivity index (χ0) is 12.1. The first-order valence-corrected chi connectivity index (χ1v) is 7.23. The number of benzene rings is 1. The van der Waals surface area contributed by atoms with Gasteiger partial charge in [-0.05, 0) is 31.2 Å². The molecule has 1 aromatic rings. The molecule has 1 heterocycles. The lowest BCUT2D eigenvalue weighted by molar-refractivity contribution is 0.327. The molecule has 1 unspecified atom stereocenters. The Morgan fingerprint density at radius 1 is 1.17 bits per heavy atom. The van der Waals surface area contributed by atoms with E-state index in [1.54, 1.807) is 0 Å². The first kappa shape index (κ1) is 10.6. The zero-order valence-electron chi connectivity index (χ0n) is 11.0. The van der Waals surface area contributed by atoms with Crippen molar-refractivity contribution in [2.75, 3.05) is 7.05 Å². The second-order valence-electron chi connectivity index (χ2n) is 6.11. The van der Waals surface area contributed by atoms with Crippen LogP contribution in [0.2, 0.25) is 0 Å². The topological polar surface area (TPSA) is 15.6 Å². The van der Waals surface area contributed by atoms with E-state index in [0.29, 0.717) is 6.04 Å². The van der Waals surface area contributed by atoms with E-state index in [2.05, 4.69) is 36.2 Å². The Labute approximate surface area is 109 Å². The third-order valence-electron chi connectivity index (χ3n) is 4.56. The van der Waals surface area contributed by atoms with Gasteiger partial charge in [-0.15, -0.1) is 0 Å². The van der Waals surface area contributed by atoms with Gasteiger partial charge in [0.05, 0.1) is 11.7 Å². The Kier molecular flexibility index (Phi) is 2.26. The third kappa shape index (κ3) is 1.75. The first-order valence-electron chi connectivity index (χ1n) is 7.23. The van der Waals surface area contributed by atoms with Crippen LogP contribution in [0.5, 0.6) is 0 Å². The lowest BCUT2D eigenvalue weighted by Gasteiger charge is -2.36. The van der Waals surface area contributed by atoms with E-state index in [4.69, 9.17) is 4.99 Å². The standard InChI is InChI=1S/C16H20N2/c1-18-15(10-11-6-7-11)13-4-2-3-5-14(13)17-16(18)12-8-9-12/h2-5,11-12,15H,6-10H2,1H3. The highest BCUT2D eigenvalue weighted by atomic mass is 15.2. The highest BCUT2D eigenvalue weighted by molar-refractivity contribution is 5.91. The minimum atomic E-state index is 0.571. The molecule has 4 rings (SSSR count). The molecule has 0 saturated heterocycles. The fourth-order valence-corrected chi connectivity index (χ4v) is 3.12. The predicted octanol–water partition coefficient (Wildman–Crippen LogP) is 3.91.